The van der Waals surface area contributed by atoms with Gasteiger partial charge in [0, 0.05) is 7.11 Å². The zero-order valence-electron chi connectivity index (χ0n) is 14.9. The Morgan fingerprint density at radius 2 is 1.82 bits per heavy atom. The molecule has 6 nitrogen and oxygen atoms in total. The largest absolute Gasteiger partial charge is 0.416 e. The van der Waals surface area contributed by atoms with Gasteiger partial charge in [-0.2, -0.15) is 22.7 Å². The molecule has 1 fully saturated rings. The highest BCUT2D eigenvalue weighted by Gasteiger charge is 2.30. The number of benzene rings is 1. The van der Waals surface area contributed by atoms with E-state index in [0.29, 0.717) is 17.2 Å². The summed E-state index contributed by atoms with van der Waals surface area (Å²) in [6.07, 6.45) is -1.05. The lowest BCUT2D eigenvalue weighted by Gasteiger charge is -2.29. The van der Waals surface area contributed by atoms with Crippen LogP contribution in [-0.4, -0.2) is 31.9 Å². The first-order valence-electron chi connectivity index (χ1n) is 9.15. The van der Waals surface area contributed by atoms with Crippen LogP contribution in [0, 0.1) is 0 Å². The van der Waals surface area contributed by atoms with Gasteiger partial charge in [0.2, 0.25) is 5.95 Å². The molecule has 2 atom stereocenters. The molecule has 2 heterocycles. The van der Waals surface area contributed by atoms with Crippen LogP contribution in [0.15, 0.2) is 42.5 Å². The first kappa shape index (κ1) is 18.5. The topological polar surface area (TPSA) is 74.5 Å². The number of halogens is 3. The first-order chi connectivity index (χ1) is 13.4. The van der Waals surface area contributed by atoms with Gasteiger partial charge < -0.3 is 15.7 Å². The number of aromatic nitrogens is 3. The third kappa shape index (κ3) is 3.89. The summed E-state index contributed by atoms with van der Waals surface area (Å²) in [4.78, 5) is 4.37. The zero-order chi connectivity index (χ0) is 19.7. The lowest BCUT2D eigenvalue weighted by Crippen LogP contribution is -2.36. The van der Waals surface area contributed by atoms with Crippen molar-refractivity contribution in [2.45, 2.75) is 44.0 Å². The number of aliphatic hydroxyl groups excluding tert-OH is 1. The summed E-state index contributed by atoms with van der Waals surface area (Å²) >= 11 is 0. The number of pyridine rings is 1. The fraction of sp³-hybridized carbons (Fsp3) is 0.368. The standard InChI is InChI=1S/C19H20F3N5O.H2/c20-19(21,22)12-8-10-13(11-9-12)23-18-25-17-7-3-6-16(27(17)26-18)24-14-4-1-2-5-15(14)28;/h3,6-11,14-15,24,28H,1-2,4-5H2,(H,23,26);1H/t14-,15+;/m1./s1. The van der Waals surface area contributed by atoms with E-state index in [9.17, 15) is 18.3 Å². The smallest absolute Gasteiger partial charge is 0.391 e. The molecule has 150 valence electrons. The van der Waals surface area contributed by atoms with Crippen LogP contribution in [0.3, 0.4) is 0 Å². The molecule has 1 aliphatic carbocycles. The van der Waals surface area contributed by atoms with Crippen molar-refractivity contribution >= 4 is 23.1 Å². The van der Waals surface area contributed by atoms with Gasteiger partial charge in [-0.15, -0.1) is 5.10 Å². The Labute approximate surface area is 160 Å². The first-order valence-corrected chi connectivity index (χ1v) is 9.15. The normalized spacial score (nSPS) is 20.3. The maximum Gasteiger partial charge on any atom is 0.416 e. The van der Waals surface area contributed by atoms with E-state index in [-0.39, 0.29) is 13.4 Å². The second-order valence-electron chi connectivity index (χ2n) is 6.92. The number of alkyl halides is 3. The summed E-state index contributed by atoms with van der Waals surface area (Å²) in [6.45, 7) is 0. The van der Waals surface area contributed by atoms with Gasteiger partial charge in [-0.25, -0.2) is 0 Å². The summed E-state index contributed by atoms with van der Waals surface area (Å²) in [6, 6.07) is 10.1. The molecular weight excluding hydrogens is 371 g/mol. The van der Waals surface area contributed by atoms with Crippen molar-refractivity contribution in [1.82, 2.24) is 14.6 Å². The Hall–Kier alpha value is -2.81. The van der Waals surface area contributed by atoms with Crippen LogP contribution in [0.4, 0.5) is 30.6 Å². The van der Waals surface area contributed by atoms with E-state index in [2.05, 4.69) is 20.7 Å². The Kier molecular flexibility index (Phi) is 4.84. The van der Waals surface area contributed by atoms with Crippen molar-refractivity contribution in [3.05, 3.63) is 48.0 Å². The molecule has 0 radical (unpaired) electrons. The van der Waals surface area contributed by atoms with E-state index >= 15 is 0 Å². The monoisotopic (exact) mass is 393 g/mol. The molecule has 28 heavy (non-hydrogen) atoms. The summed E-state index contributed by atoms with van der Waals surface area (Å²) < 4.78 is 39.7. The van der Waals surface area contributed by atoms with Crippen molar-refractivity contribution in [2.24, 2.45) is 0 Å². The van der Waals surface area contributed by atoms with Crippen LogP contribution >= 0.6 is 0 Å². The highest BCUT2D eigenvalue weighted by molar-refractivity contribution is 5.58. The maximum absolute atomic E-state index is 12.7. The second-order valence-corrected chi connectivity index (χ2v) is 6.92. The van der Waals surface area contributed by atoms with Crippen LogP contribution in [0.2, 0.25) is 0 Å². The molecule has 1 aliphatic rings. The van der Waals surface area contributed by atoms with Crippen molar-refractivity contribution in [2.75, 3.05) is 10.6 Å². The Morgan fingerprint density at radius 3 is 2.54 bits per heavy atom. The summed E-state index contributed by atoms with van der Waals surface area (Å²) in [7, 11) is 0. The average Bonchev–Trinajstić information content (AvgIpc) is 3.07. The van der Waals surface area contributed by atoms with E-state index in [4.69, 9.17) is 0 Å². The Bertz CT molecular complexity index is 961. The molecule has 0 aliphatic heterocycles. The second kappa shape index (κ2) is 7.31. The minimum Gasteiger partial charge on any atom is -0.391 e. The highest BCUT2D eigenvalue weighted by Crippen LogP contribution is 2.30. The average molecular weight is 393 g/mol. The van der Waals surface area contributed by atoms with Crippen LogP contribution < -0.4 is 10.6 Å². The number of nitrogens with zero attached hydrogens (tertiary/aromatic N) is 3. The lowest BCUT2D eigenvalue weighted by atomic mass is 9.92. The molecule has 4 rings (SSSR count). The van der Waals surface area contributed by atoms with E-state index in [0.717, 1.165) is 37.8 Å². The fourth-order valence-electron chi connectivity index (χ4n) is 3.41. The molecule has 0 unspecified atom stereocenters. The van der Waals surface area contributed by atoms with Crippen molar-refractivity contribution in [3.63, 3.8) is 0 Å². The van der Waals surface area contributed by atoms with Gasteiger partial charge in [0.25, 0.3) is 0 Å². The number of rotatable bonds is 4. The Balaban J connectivity index is 0.00000240. The molecule has 3 aromatic rings. The van der Waals surface area contributed by atoms with E-state index < -0.39 is 17.8 Å². The highest BCUT2D eigenvalue weighted by atomic mass is 19.4. The van der Waals surface area contributed by atoms with Gasteiger partial charge in [0.1, 0.15) is 5.82 Å². The van der Waals surface area contributed by atoms with Crippen LogP contribution in [0.5, 0.6) is 0 Å². The quantitative estimate of drug-likeness (QED) is 0.611. The molecule has 1 saturated carbocycles. The molecule has 1 aromatic carbocycles. The minimum atomic E-state index is -4.37. The van der Waals surface area contributed by atoms with Gasteiger partial charge in [-0.1, -0.05) is 18.9 Å². The van der Waals surface area contributed by atoms with Crippen molar-refractivity contribution in [3.8, 4) is 0 Å². The van der Waals surface area contributed by atoms with E-state index in [1.54, 1.807) is 10.6 Å². The summed E-state index contributed by atoms with van der Waals surface area (Å²) in [5.41, 5.74) is 0.337. The number of nitrogens with one attached hydrogen (secondary N) is 2. The molecule has 0 saturated heterocycles. The van der Waals surface area contributed by atoms with Gasteiger partial charge in [0.15, 0.2) is 5.65 Å². The Morgan fingerprint density at radius 1 is 1.07 bits per heavy atom. The number of hydrogen-bond donors (Lipinski definition) is 3. The molecule has 9 heteroatoms. The maximum atomic E-state index is 12.7. The van der Waals surface area contributed by atoms with Gasteiger partial charge in [0.05, 0.1) is 17.7 Å². The lowest BCUT2D eigenvalue weighted by molar-refractivity contribution is -0.137. The molecule has 0 amide bonds. The number of aliphatic hydroxyl groups is 1. The molecule has 3 N–H and O–H groups in total. The van der Waals surface area contributed by atoms with Crippen LogP contribution in [-0.2, 0) is 6.18 Å². The third-order valence-electron chi connectivity index (χ3n) is 4.89. The third-order valence-corrected chi connectivity index (χ3v) is 4.89. The molecule has 0 spiro atoms. The number of hydrogen-bond acceptors (Lipinski definition) is 5. The van der Waals surface area contributed by atoms with Crippen LogP contribution in [0.1, 0.15) is 32.7 Å². The molecular formula is C19H22F3N5O. The molecule has 2 aromatic heterocycles. The summed E-state index contributed by atoms with van der Waals surface area (Å²) in [5.74, 6) is 0.981. The van der Waals surface area contributed by atoms with E-state index in [1.807, 2.05) is 12.1 Å². The number of fused-ring (bicyclic) bond motifs is 1. The minimum absolute atomic E-state index is 0. The van der Waals surface area contributed by atoms with Gasteiger partial charge in [-0.05, 0) is 49.2 Å². The van der Waals surface area contributed by atoms with Crippen molar-refractivity contribution < 1.29 is 19.7 Å². The zero-order valence-corrected chi connectivity index (χ0v) is 14.9. The SMILES string of the molecule is O[C@H]1CCCC[C@H]1Nc1cccc2nc(Nc3ccc(C(F)(F)F)cc3)nn12.[HH]. The van der Waals surface area contributed by atoms with Gasteiger partial charge in [-0.3, -0.25) is 0 Å². The van der Waals surface area contributed by atoms with Crippen molar-refractivity contribution in [1.29, 1.82) is 0 Å². The van der Waals surface area contributed by atoms with Gasteiger partial charge >= 0.3 is 6.18 Å². The predicted molar refractivity (Wildman–Crippen MR) is 102 cm³/mol. The predicted octanol–water partition coefficient (Wildman–Crippen LogP) is 4.45. The van der Waals surface area contributed by atoms with Crippen LogP contribution in [0.25, 0.3) is 5.65 Å². The molecule has 0 bridgehead atoms. The summed E-state index contributed by atoms with van der Waals surface area (Å²) in [5, 5.41) is 20.8. The fourth-order valence-corrected chi connectivity index (χ4v) is 3.41. The number of anilines is 3. The van der Waals surface area contributed by atoms with E-state index in [1.165, 1.54) is 12.1 Å².